The van der Waals surface area contributed by atoms with E-state index < -0.39 is 0 Å². The number of furan rings is 1. The van der Waals surface area contributed by atoms with E-state index in [9.17, 15) is 0 Å². The molecule has 10 rings (SSSR count). The lowest BCUT2D eigenvalue weighted by Crippen LogP contribution is -2.14. The molecule has 2 atom stereocenters. The van der Waals surface area contributed by atoms with Crippen molar-refractivity contribution in [2.24, 2.45) is 5.92 Å². The Morgan fingerprint density at radius 1 is 0.756 bits per heavy atom. The highest BCUT2D eigenvalue weighted by atomic mass is 32.2. The highest BCUT2D eigenvalue weighted by Crippen LogP contribution is 2.52. The van der Waals surface area contributed by atoms with Gasteiger partial charge in [0.2, 0.25) is 0 Å². The third-order valence-electron chi connectivity index (χ3n) is 9.58. The van der Waals surface area contributed by atoms with Gasteiger partial charge in [0.1, 0.15) is 16.5 Å². The molecular formula is C41H28N2OS. The highest BCUT2D eigenvalue weighted by Gasteiger charge is 2.29. The van der Waals surface area contributed by atoms with Gasteiger partial charge < -0.3 is 14.3 Å². The van der Waals surface area contributed by atoms with Crippen LogP contribution in [0.1, 0.15) is 22.2 Å². The molecule has 3 heterocycles. The molecule has 45 heavy (non-hydrogen) atoms. The molecule has 0 radical (unpaired) electrons. The predicted octanol–water partition coefficient (Wildman–Crippen LogP) is 11.1. The summed E-state index contributed by atoms with van der Waals surface area (Å²) >= 11 is 1.88. The molecule has 2 aromatic heterocycles. The third-order valence-corrected chi connectivity index (χ3v) is 10.9. The number of benzene rings is 5. The van der Waals surface area contributed by atoms with Crippen LogP contribution in [-0.4, -0.2) is 4.57 Å². The minimum atomic E-state index is 0.127. The normalized spacial score (nSPS) is 18.2. The molecule has 4 heteroatoms. The largest absolute Gasteiger partial charge is 0.456 e. The lowest BCUT2D eigenvalue weighted by atomic mass is 9.83. The maximum Gasteiger partial charge on any atom is 0.136 e. The Hall–Kier alpha value is -5.19. The smallest absolute Gasteiger partial charge is 0.136 e. The number of hydrogen-bond acceptors (Lipinski definition) is 3. The van der Waals surface area contributed by atoms with Gasteiger partial charge in [-0.3, -0.25) is 0 Å². The fraction of sp³-hybridized carbons (Fsp3) is 0.0732. The number of para-hydroxylation sites is 1. The van der Waals surface area contributed by atoms with E-state index in [-0.39, 0.29) is 5.37 Å². The maximum absolute atomic E-state index is 6.32. The van der Waals surface area contributed by atoms with E-state index in [0.717, 1.165) is 23.3 Å². The number of hydrogen-bond donors (Lipinski definition) is 1. The van der Waals surface area contributed by atoms with E-state index in [4.69, 9.17) is 4.42 Å². The number of aromatic nitrogens is 1. The van der Waals surface area contributed by atoms with Crippen molar-refractivity contribution in [1.82, 2.24) is 4.57 Å². The van der Waals surface area contributed by atoms with Crippen LogP contribution in [0.15, 0.2) is 148 Å². The van der Waals surface area contributed by atoms with Gasteiger partial charge in [-0.2, -0.15) is 0 Å². The molecule has 5 aromatic carbocycles. The van der Waals surface area contributed by atoms with Crippen LogP contribution in [0.25, 0.3) is 55.7 Å². The van der Waals surface area contributed by atoms with Crippen molar-refractivity contribution in [1.29, 1.82) is 0 Å². The van der Waals surface area contributed by atoms with Crippen LogP contribution < -0.4 is 5.32 Å². The summed E-state index contributed by atoms with van der Waals surface area (Å²) < 4.78 is 8.80. The number of fused-ring (bicyclic) bond motifs is 9. The van der Waals surface area contributed by atoms with Gasteiger partial charge in [-0.25, -0.2) is 0 Å². The molecular weight excluding hydrogens is 569 g/mol. The van der Waals surface area contributed by atoms with Crippen LogP contribution in [0.3, 0.4) is 0 Å². The van der Waals surface area contributed by atoms with Crippen molar-refractivity contribution >= 4 is 56.4 Å². The first-order valence-corrected chi connectivity index (χ1v) is 16.4. The lowest BCUT2D eigenvalue weighted by Gasteiger charge is -2.24. The Morgan fingerprint density at radius 3 is 2.51 bits per heavy atom. The second-order valence-corrected chi connectivity index (χ2v) is 13.3. The number of anilines is 1. The minimum absolute atomic E-state index is 0.127. The highest BCUT2D eigenvalue weighted by molar-refractivity contribution is 8.00. The molecule has 214 valence electrons. The fourth-order valence-electron chi connectivity index (χ4n) is 7.41. The monoisotopic (exact) mass is 596 g/mol. The Bertz CT molecular complexity index is 2410. The number of rotatable bonds is 3. The molecule has 2 aliphatic carbocycles. The summed E-state index contributed by atoms with van der Waals surface area (Å²) in [6.07, 6.45) is 12.3. The molecule has 1 N–H and O–H groups in total. The van der Waals surface area contributed by atoms with Crippen LogP contribution >= 0.6 is 11.8 Å². The summed E-state index contributed by atoms with van der Waals surface area (Å²) in [5.41, 5.74) is 13.3. The second kappa shape index (κ2) is 9.65. The van der Waals surface area contributed by atoms with Crippen molar-refractivity contribution in [2.75, 3.05) is 5.32 Å². The first-order chi connectivity index (χ1) is 22.3. The summed E-state index contributed by atoms with van der Waals surface area (Å²) in [4.78, 5) is 1.26. The van der Waals surface area contributed by atoms with Gasteiger partial charge >= 0.3 is 0 Å². The average molecular weight is 597 g/mol. The van der Waals surface area contributed by atoms with Crippen LogP contribution in [0.2, 0.25) is 0 Å². The summed E-state index contributed by atoms with van der Waals surface area (Å²) in [6, 6.07) is 39.3. The second-order valence-electron chi connectivity index (χ2n) is 12.1. The summed E-state index contributed by atoms with van der Waals surface area (Å²) in [6.45, 7) is 0. The molecule has 1 aliphatic heterocycles. The molecule has 3 nitrogen and oxygen atoms in total. The van der Waals surface area contributed by atoms with Crippen molar-refractivity contribution in [2.45, 2.75) is 16.7 Å². The molecule has 0 bridgehead atoms. The third kappa shape index (κ3) is 3.85. The van der Waals surface area contributed by atoms with Crippen molar-refractivity contribution in [3.8, 4) is 16.8 Å². The zero-order chi connectivity index (χ0) is 29.5. The van der Waals surface area contributed by atoms with Gasteiger partial charge in [-0.1, -0.05) is 103 Å². The van der Waals surface area contributed by atoms with Gasteiger partial charge in [0.15, 0.2) is 0 Å². The topological polar surface area (TPSA) is 30.1 Å². The lowest BCUT2D eigenvalue weighted by molar-refractivity contribution is 0.668. The average Bonchev–Trinajstić information content (AvgIpc) is 3.79. The first kappa shape index (κ1) is 25.2. The number of nitrogens with zero attached hydrogens (tertiary/aromatic N) is 1. The van der Waals surface area contributed by atoms with Crippen LogP contribution in [0, 0.1) is 5.92 Å². The van der Waals surface area contributed by atoms with Crippen LogP contribution in [0.4, 0.5) is 5.69 Å². The molecule has 0 amide bonds. The van der Waals surface area contributed by atoms with Crippen molar-refractivity contribution in [3.63, 3.8) is 0 Å². The Morgan fingerprint density at radius 2 is 1.60 bits per heavy atom. The standard InChI is InChI=1S/C41H28N2OS/c1-2-8-25(9-3-1)29-16-20-37-33(23-29)39-38(44-37)21-19-34-40(39)45-41(42-34)26-14-17-30(18-15-26)43-35-13-7-6-12-31(35)32-22-27-10-4-5-11-28(27)24-36(32)43/h1-23,28,41-42H,24H2. The first-order valence-electron chi connectivity index (χ1n) is 15.6. The Kier molecular flexibility index (Phi) is 5.40. The minimum Gasteiger partial charge on any atom is -0.456 e. The van der Waals surface area contributed by atoms with Gasteiger partial charge in [-0.05, 0) is 77.2 Å². The van der Waals surface area contributed by atoms with E-state index >= 15 is 0 Å². The zero-order valence-corrected chi connectivity index (χ0v) is 25.2. The molecule has 3 aliphatic rings. The van der Waals surface area contributed by atoms with E-state index in [2.05, 4.69) is 149 Å². The van der Waals surface area contributed by atoms with Crippen LogP contribution in [-0.2, 0) is 6.42 Å². The van der Waals surface area contributed by atoms with E-state index in [1.165, 1.54) is 65.8 Å². The number of nitrogens with one attached hydrogen (secondary N) is 1. The molecule has 0 spiro atoms. The van der Waals surface area contributed by atoms with Crippen molar-refractivity contribution < 1.29 is 4.42 Å². The summed E-state index contributed by atoms with van der Waals surface area (Å²) in [5.74, 6) is 0.432. The van der Waals surface area contributed by atoms with Crippen LogP contribution in [0.5, 0.6) is 0 Å². The summed E-state index contributed by atoms with van der Waals surface area (Å²) in [7, 11) is 0. The molecule has 0 saturated heterocycles. The van der Waals surface area contributed by atoms with E-state index in [0.29, 0.717) is 5.92 Å². The molecule has 0 fully saturated rings. The fourth-order valence-corrected chi connectivity index (χ4v) is 8.71. The maximum atomic E-state index is 6.32. The molecule has 7 aromatic rings. The predicted molar refractivity (Wildman–Crippen MR) is 188 cm³/mol. The quantitative estimate of drug-likeness (QED) is 0.220. The number of thioether (sulfide) groups is 1. The molecule has 2 unspecified atom stereocenters. The Labute approximate surface area is 265 Å². The van der Waals surface area contributed by atoms with E-state index in [1.54, 1.807) is 0 Å². The Balaban J connectivity index is 1.02. The number of allylic oxidation sites excluding steroid dienone is 5. The van der Waals surface area contributed by atoms with E-state index in [1.807, 2.05) is 11.8 Å². The van der Waals surface area contributed by atoms with Gasteiger partial charge in [-0.15, -0.1) is 0 Å². The van der Waals surface area contributed by atoms with Gasteiger partial charge in [0.05, 0.1) is 5.52 Å². The molecule has 0 saturated carbocycles. The summed E-state index contributed by atoms with van der Waals surface area (Å²) in [5, 5.41) is 7.61. The van der Waals surface area contributed by atoms with Crippen molar-refractivity contribution in [3.05, 3.63) is 156 Å². The zero-order valence-electron chi connectivity index (χ0n) is 24.4. The van der Waals surface area contributed by atoms with Gasteiger partial charge in [0.25, 0.3) is 0 Å². The van der Waals surface area contributed by atoms with Gasteiger partial charge in [0, 0.05) is 49.6 Å². The SMILES string of the molecule is C1=CC2=Cc3c(n(-c4ccc(C5Nc6ccc7oc8ccc(-c9ccccc9)cc8c7c6S5)cc4)c4ccccc34)CC2C=C1.